The minimum absolute atomic E-state index is 0.672. The largest absolute Gasteiger partial charge is 0.192 e. The smallest absolute Gasteiger partial charge is 0.0991 e. The Morgan fingerprint density at radius 3 is 1.32 bits per heavy atom. The van der Waals surface area contributed by atoms with E-state index in [2.05, 4.69) is 133 Å². The van der Waals surface area contributed by atoms with Crippen LogP contribution in [0.1, 0.15) is 5.56 Å². The van der Waals surface area contributed by atoms with Gasteiger partial charge in [-0.15, -0.1) is 0 Å². The first-order valence-electron chi connectivity index (χ1n) is 12.8. The molecule has 0 bridgehead atoms. The van der Waals surface area contributed by atoms with Gasteiger partial charge in [0, 0.05) is 0 Å². The molecule has 7 aromatic rings. The Hall–Kier alpha value is -5.19. The molecule has 0 amide bonds. The predicted octanol–water partition coefficient (Wildman–Crippen LogP) is 10.0. The van der Waals surface area contributed by atoms with Crippen molar-refractivity contribution in [1.29, 1.82) is 5.26 Å². The standard InChI is InChI=1S/C37H23N/c38-24-25-13-15-28(16-14-25)36-32-9-3-5-11-34(32)37(35-12-6-4-10-33(35)36)29-20-17-27(18-21-29)31-22-19-26-7-1-2-8-30(26)23-31/h1-23H. The summed E-state index contributed by atoms with van der Waals surface area (Å²) in [6.45, 7) is 0. The summed E-state index contributed by atoms with van der Waals surface area (Å²) < 4.78 is 0. The first kappa shape index (κ1) is 22.0. The summed E-state index contributed by atoms with van der Waals surface area (Å²) >= 11 is 0. The van der Waals surface area contributed by atoms with Crippen LogP contribution < -0.4 is 0 Å². The minimum atomic E-state index is 0.672. The Morgan fingerprint density at radius 1 is 0.368 bits per heavy atom. The monoisotopic (exact) mass is 481 g/mol. The van der Waals surface area contributed by atoms with Crippen molar-refractivity contribution in [2.45, 2.75) is 0 Å². The van der Waals surface area contributed by atoms with E-state index >= 15 is 0 Å². The summed E-state index contributed by atoms with van der Waals surface area (Å²) in [6, 6.07) is 51.6. The fourth-order valence-corrected chi connectivity index (χ4v) is 5.66. The van der Waals surface area contributed by atoms with Gasteiger partial charge in [-0.2, -0.15) is 5.26 Å². The molecule has 0 spiro atoms. The van der Waals surface area contributed by atoms with E-state index in [4.69, 9.17) is 0 Å². The molecular weight excluding hydrogens is 458 g/mol. The van der Waals surface area contributed by atoms with Gasteiger partial charge in [0.2, 0.25) is 0 Å². The zero-order valence-corrected chi connectivity index (χ0v) is 20.7. The molecule has 7 aromatic carbocycles. The van der Waals surface area contributed by atoms with Crippen LogP contribution in [0.3, 0.4) is 0 Å². The van der Waals surface area contributed by atoms with Gasteiger partial charge in [0.1, 0.15) is 0 Å². The quantitative estimate of drug-likeness (QED) is 0.230. The van der Waals surface area contributed by atoms with E-state index < -0.39 is 0 Å². The Kier molecular flexibility index (Phi) is 5.24. The number of hydrogen-bond donors (Lipinski definition) is 0. The highest BCUT2D eigenvalue weighted by Crippen LogP contribution is 2.43. The molecule has 176 valence electrons. The van der Waals surface area contributed by atoms with Gasteiger partial charge in [0.15, 0.2) is 0 Å². The average Bonchev–Trinajstić information content (AvgIpc) is 3.00. The molecule has 0 aliphatic carbocycles. The molecular formula is C37H23N. The van der Waals surface area contributed by atoms with Crippen molar-refractivity contribution in [1.82, 2.24) is 0 Å². The van der Waals surface area contributed by atoms with E-state index in [9.17, 15) is 5.26 Å². The second kappa shape index (κ2) is 9.04. The maximum atomic E-state index is 9.29. The number of fused-ring (bicyclic) bond motifs is 3. The van der Waals surface area contributed by atoms with E-state index in [0.29, 0.717) is 5.56 Å². The van der Waals surface area contributed by atoms with Gasteiger partial charge in [0.05, 0.1) is 11.6 Å². The van der Waals surface area contributed by atoms with Gasteiger partial charge >= 0.3 is 0 Å². The first-order valence-corrected chi connectivity index (χ1v) is 12.8. The van der Waals surface area contributed by atoms with E-state index in [-0.39, 0.29) is 0 Å². The Morgan fingerprint density at radius 2 is 0.789 bits per heavy atom. The van der Waals surface area contributed by atoms with Crippen LogP contribution >= 0.6 is 0 Å². The number of rotatable bonds is 3. The number of hydrogen-bond acceptors (Lipinski definition) is 1. The lowest BCUT2D eigenvalue weighted by atomic mass is 9.85. The molecule has 38 heavy (non-hydrogen) atoms. The summed E-state index contributed by atoms with van der Waals surface area (Å²) in [7, 11) is 0. The zero-order chi connectivity index (χ0) is 25.5. The van der Waals surface area contributed by atoms with Crippen LogP contribution in [0.25, 0.3) is 65.7 Å². The van der Waals surface area contributed by atoms with E-state index in [1.165, 1.54) is 60.1 Å². The van der Waals surface area contributed by atoms with Crippen LogP contribution in [0, 0.1) is 11.3 Å². The second-order valence-electron chi connectivity index (χ2n) is 9.67. The highest BCUT2D eigenvalue weighted by atomic mass is 14.2. The average molecular weight is 482 g/mol. The molecule has 0 unspecified atom stereocenters. The first-order chi connectivity index (χ1) is 18.8. The highest BCUT2D eigenvalue weighted by Gasteiger charge is 2.16. The van der Waals surface area contributed by atoms with Crippen molar-refractivity contribution in [3.8, 4) is 39.4 Å². The molecule has 0 N–H and O–H groups in total. The summed E-state index contributed by atoms with van der Waals surface area (Å²) in [4.78, 5) is 0. The molecule has 7 rings (SSSR count). The summed E-state index contributed by atoms with van der Waals surface area (Å²) in [6.07, 6.45) is 0. The molecule has 0 saturated carbocycles. The third-order valence-corrected chi connectivity index (χ3v) is 7.49. The zero-order valence-electron chi connectivity index (χ0n) is 20.7. The number of benzene rings is 7. The van der Waals surface area contributed by atoms with Crippen molar-refractivity contribution in [3.63, 3.8) is 0 Å². The van der Waals surface area contributed by atoms with Gasteiger partial charge in [-0.05, 0) is 83.9 Å². The Labute approximate surface area is 221 Å². The van der Waals surface area contributed by atoms with Crippen LogP contribution in [-0.2, 0) is 0 Å². The maximum Gasteiger partial charge on any atom is 0.0991 e. The van der Waals surface area contributed by atoms with Crippen LogP contribution in [0.5, 0.6) is 0 Å². The fraction of sp³-hybridized carbons (Fsp3) is 0. The van der Waals surface area contributed by atoms with Crippen molar-refractivity contribution in [3.05, 3.63) is 145 Å². The number of nitriles is 1. The molecule has 0 radical (unpaired) electrons. The lowest BCUT2D eigenvalue weighted by Gasteiger charge is -2.18. The molecule has 1 nitrogen and oxygen atoms in total. The lowest BCUT2D eigenvalue weighted by molar-refractivity contribution is 1.49. The van der Waals surface area contributed by atoms with Crippen LogP contribution in [0.4, 0.5) is 0 Å². The van der Waals surface area contributed by atoms with Crippen molar-refractivity contribution < 1.29 is 0 Å². The van der Waals surface area contributed by atoms with Crippen LogP contribution in [0.2, 0.25) is 0 Å². The summed E-state index contributed by atoms with van der Waals surface area (Å²) in [5, 5.41) is 16.7. The van der Waals surface area contributed by atoms with Gasteiger partial charge in [-0.1, -0.05) is 121 Å². The Balaban J connectivity index is 1.43. The fourth-order valence-electron chi connectivity index (χ4n) is 5.66. The van der Waals surface area contributed by atoms with Crippen LogP contribution in [0.15, 0.2) is 140 Å². The molecule has 0 aliphatic heterocycles. The second-order valence-corrected chi connectivity index (χ2v) is 9.67. The maximum absolute atomic E-state index is 9.29. The third-order valence-electron chi connectivity index (χ3n) is 7.49. The summed E-state index contributed by atoms with van der Waals surface area (Å²) in [5.74, 6) is 0. The minimum Gasteiger partial charge on any atom is -0.192 e. The highest BCUT2D eigenvalue weighted by molar-refractivity contribution is 6.21. The molecule has 0 aliphatic rings. The molecule has 0 saturated heterocycles. The van der Waals surface area contributed by atoms with E-state index in [1.807, 2.05) is 12.1 Å². The van der Waals surface area contributed by atoms with Gasteiger partial charge in [-0.3, -0.25) is 0 Å². The normalized spacial score (nSPS) is 11.1. The predicted molar refractivity (Wildman–Crippen MR) is 160 cm³/mol. The lowest BCUT2D eigenvalue weighted by Crippen LogP contribution is -1.91. The SMILES string of the molecule is N#Cc1ccc(-c2c3ccccc3c(-c3ccc(-c4ccc5ccccc5c4)cc3)c3ccccc23)cc1. The topological polar surface area (TPSA) is 23.8 Å². The van der Waals surface area contributed by atoms with Gasteiger partial charge < -0.3 is 0 Å². The number of nitrogens with zero attached hydrogens (tertiary/aromatic N) is 1. The molecule has 1 heteroatoms. The van der Waals surface area contributed by atoms with Gasteiger partial charge in [0.25, 0.3) is 0 Å². The third kappa shape index (κ3) is 3.63. The molecule has 0 fully saturated rings. The van der Waals surface area contributed by atoms with Crippen molar-refractivity contribution in [2.75, 3.05) is 0 Å². The Bertz CT molecular complexity index is 1950. The van der Waals surface area contributed by atoms with Crippen molar-refractivity contribution >= 4 is 32.3 Å². The summed E-state index contributed by atoms with van der Waals surface area (Å²) in [5.41, 5.74) is 7.88. The molecule has 0 aromatic heterocycles. The molecule has 0 heterocycles. The van der Waals surface area contributed by atoms with Crippen molar-refractivity contribution in [2.24, 2.45) is 0 Å². The van der Waals surface area contributed by atoms with Gasteiger partial charge in [-0.25, -0.2) is 0 Å². The van der Waals surface area contributed by atoms with Crippen LogP contribution in [-0.4, -0.2) is 0 Å². The van der Waals surface area contributed by atoms with E-state index in [1.54, 1.807) is 0 Å². The molecule has 0 atom stereocenters. The van der Waals surface area contributed by atoms with E-state index in [0.717, 1.165) is 5.56 Å².